The Morgan fingerprint density at radius 3 is 1.39 bits per heavy atom. The molecule has 0 aliphatic carbocycles. The zero-order valence-electron chi connectivity index (χ0n) is 14.4. The predicted molar refractivity (Wildman–Crippen MR) is 108 cm³/mol. The number of halogens is 5. The van der Waals surface area contributed by atoms with E-state index in [9.17, 15) is 13.2 Å². The molecule has 3 aromatic rings. The first-order valence-corrected chi connectivity index (χ1v) is 16.4. The Kier molecular flexibility index (Phi) is 34.0. The van der Waals surface area contributed by atoms with Gasteiger partial charge in [0.15, 0.2) is 0 Å². The molecule has 3 aromatic heterocycles. The molecule has 0 bridgehead atoms. The average Bonchev–Trinajstić information content (AvgIpc) is 2.70. The fourth-order valence-electron chi connectivity index (χ4n) is 0.962. The van der Waals surface area contributed by atoms with Crippen LogP contribution in [0.3, 0.4) is 0 Å². The van der Waals surface area contributed by atoms with Crippen LogP contribution in [0.15, 0.2) is 55.0 Å². The van der Waals surface area contributed by atoms with Crippen LogP contribution in [0.4, 0.5) is 13.2 Å². The molecule has 12 heteroatoms. The third kappa shape index (κ3) is 24.0. The van der Waals surface area contributed by atoms with Crippen LogP contribution < -0.4 is 0 Å². The quantitative estimate of drug-likeness (QED) is 0.150. The number of hydrogen-bond donors (Lipinski definition) is 0. The molecule has 0 amide bonds. The molecule has 0 N–H and O–H groups in total. The van der Waals surface area contributed by atoms with Crippen LogP contribution in [0, 0.1) is 45.4 Å². The molecule has 0 aliphatic rings. The van der Waals surface area contributed by atoms with E-state index in [0.717, 1.165) is 3.57 Å². The van der Waals surface area contributed by atoms with Crippen molar-refractivity contribution < 1.29 is 45.0 Å². The van der Waals surface area contributed by atoms with Gasteiger partial charge in [-0.3, -0.25) is 9.97 Å². The van der Waals surface area contributed by atoms with Crippen molar-refractivity contribution in [2.24, 2.45) is 0 Å². The van der Waals surface area contributed by atoms with E-state index in [-0.39, 0.29) is 35.9 Å². The van der Waals surface area contributed by atoms with Crippen molar-refractivity contribution in [2.45, 2.75) is 0 Å². The number of hydrogen-bond acceptors (Lipinski definition) is 4. The first-order chi connectivity index (χ1) is 12.6. The van der Waals surface area contributed by atoms with Gasteiger partial charge in [0.25, 0.3) is 0 Å². The first kappa shape index (κ1) is 35.4. The van der Waals surface area contributed by atoms with Gasteiger partial charge < -0.3 is 11.8 Å². The van der Waals surface area contributed by atoms with E-state index in [1.165, 1.54) is 63.7 Å². The van der Waals surface area contributed by atoms with Crippen LogP contribution in [0.1, 0.15) is 0 Å². The Balaban J connectivity index is -0.000000137. The van der Waals surface area contributed by atoms with Crippen molar-refractivity contribution in [3.05, 3.63) is 95.1 Å². The second kappa shape index (κ2) is 26.9. The number of aromatic nitrogens is 3. The minimum absolute atomic E-state index is 0. The third-order valence-corrected chi connectivity index (χ3v) is 2.49. The predicted octanol–water partition coefficient (Wildman–Crippen LogP) is 4.46. The SMILES string of the molecule is Fc1cc[c-]cn1.Fc1cc[c-]cn1.Fc1ccc(I)cn1.[C-]#N.[Cu+2].[Li].[Zn+][I]. The molecule has 28 heavy (non-hydrogen) atoms. The Hall–Kier alpha value is -0.0697. The van der Waals surface area contributed by atoms with Crippen LogP contribution in [0.5, 0.6) is 0 Å². The Labute approximate surface area is 219 Å². The van der Waals surface area contributed by atoms with E-state index < -0.39 is 17.8 Å². The van der Waals surface area contributed by atoms with Gasteiger partial charge in [-0.15, -0.1) is 0 Å². The summed E-state index contributed by atoms with van der Waals surface area (Å²) in [6.07, 6.45) is 4.06. The molecule has 0 saturated carbocycles. The van der Waals surface area contributed by atoms with Crippen LogP contribution in [0.2, 0.25) is 0 Å². The molecule has 3 rings (SSSR count). The van der Waals surface area contributed by atoms with Crippen LogP contribution in [-0.4, -0.2) is 33.8 Å². The van der Waals surface area contributed by atoms with Crippen molar-refractivity contribution in [3.8, 4) is 0 Å². The molecule has 0 aliphatic heterocycles. The maximum atomic E-state index is 12.0. The zero-order valence-corrected chi connectivity index (χ0v) is 22.6. The standard InChI is InChI=1S/C5H3FIN.2C5H3FN.CN.Cu.HI.Li.Zn/c6-5-2-1-4(7)3-8-5;2*6-5-3-1-2-4-7-5;1-2;;;;/h1-3H;2*1,3-4H;;;1H;;/q;3*-1;+2;;;+2/p-1. The summed E-state index contributed by atoms with van der Waals surface area (Å²) < 4.78 is 36.5. The molecular weight excluding hydrogens is 695 g/mol. The van der Waals surface area contributed by atoms with Crippen molar-refractivity contribution in [3.63, 3.8) is 0 Å². The summed E-state index contributed by atoms with van der Waals surface area (Å²) in [6, 6.07) is 13.6. The van der Waals surface area contributed by atoms with Crippen molar-refractivity contribution >= 4 is 61.2 Å². The molecule has 2 radical (unpaired) electrons. The van der Waals surface area contributed by atoms with Crippen molar-refractivity contribution in [1.29, 1.82) is 5.26 Å². The molecular formula is C16H9CuF3I2LiN4Zn. The molecule has 0 aromatic carbocycles. The van der Waals surface area contributed by atoms with Gasteiger partial charge in [-0.25, -0.2) is 38.0 Å². The molecule has 3 heterocycles. The van der Waals surface area contributed by atoms with Crippen LogP contribution in [-0.2, 0) is 31.9 Å². The number of rotatable bonds is 0. The van der Waals surface area contributed by atoms with Gasteiger partial charge in [0, 0.05) is 28.6 Å². The van der Waals surface area contributed by atoms with Gasteiger partial charge >= 0.3 is 51.6 Å². The zero-order chi connectivity index (χ0) is 20.2. The first-order valence-electron chi connectivity index (χ1n) is 6.29. The number of nitrogens with zero attached hydrogens (tertiary/aromatic N) is 4. The second-order valence-electron chi connectivity index (χ2n) is 3.46. The minimum atomic E-state index is -0.459. The van der Waals surface area contributed by atoms with E-state index in [1.807, 2.05) is 0 Å². The molecule has 0 spiro atoms. The summed E-state index contributed by atoms with van der Waals surface area (Å²) in [7, 11) is 0. The van der Waals surface area contributed by atoms with E-state index >= 15 is 0 Å². The van der Waals surface area contributed by atoms with Gasteiger partial charge in [0.05, 0.1) is 0 Å². The van der Waals surface area contributed by atoms with E-state index in [1.54, 1.807) is 6.07 Å². The Morgan fingerprint density at radius 1 is 0.821 bits per heavy atom. The second-order valence-corrected chi connectivity index (χ2v) is 4.71. The van der Waals surface area contributed by atoms with E-state index in [2.05, 4.69) is 69.4 Å². The van der Waals surface area contributed by atoms with Crippen LogP contribution in [0.25, 0.3) is 0 Å². The Bertz CT molecular complexity index is 644. The fourth-order valence-corrected chi connectivity index (χ4v) is 1.28. The summed E-state index contributed by atoms with van der Waals surface area (Å²) in [5, 5.41) is 6.25. The van der Waals surface area contributed by atoms with E-state index in [4.69, 9.17) is 11.8 Å². The molecule has 0 atom stereocenters. The fraction of sp³-hybridized carbons (Fsp3) is 0. The van der Waals surface area contributed by atoms with Gasteiger partial charge in [-0.2, -0.15) is 16.5 Å². The summed E-state index contributed by atoms with van der Waals surface area (Å²) in [6.45, 7) is 4.75. The summed E-state index contributed by atoms with van der Waals surface area (Å²) >= 11 is 5.69. The summed E-state index contributed by atoms with van der Waals surface area (Å²) in [5.41, 5.74) is 0. The van der Waals surface area contributed by atoms with Gasteiger partial charge in [-0.05, 0) is 34.7 Å². The van der Waals surface area contributed by atoms with Crippen molar-refractivity contribution in [2.75, 3.05) is 0 Å². The van der Waals surface area contributed by atoms with E-state index in [0.29, 0.717) is 0 Å². The molecule has 0 saturated heterocycles. The topological polar surface area (TPSA) is 62.5 Å². The molecule has 142 valence electrons. The molecule has 0 unspecified atom stereocenters. The molecule has 0 fully saturated rings. The summed E-state index contributed by atoms with van der Waals surface area (Å²) in [4.78, 5) is 9.92. The molecule has 4 nitrogen and oxygen atoms in total. The average molecular weight is 704 g/mol. The third-order valence-electron chi connectivity index (χ3n) is 1.85. The normalized spacial score (nSPS) is 7.32. The van der Waals surface area contributed by atoms with Crippen LogP contribution >= 0.6 is 42.3 Å². The van der Waals surface area contributed by atoms with Gasteiger partial charge in [0.2, 0.25) is 5.95 Å². The summed E-state index contributed by atoms with van der Waals surface area (Å²) in [5.74, 6) is -1.34. The monoisotopic (exact) mass is 702 g/mol. The van der Waals surface area contributed by atoms with Crippen molar-refractivity contribution in [1.82, 2.24) is 15.0 Å². The Morgan fingerprint density at radius 2 is 1.21 bits per heavy atom. The maximum absolute atomic E-state index is 12.0. The van der Waals surface area contributed by atoms with Gasteiger partial charge in [-0.1, -0.05) is 12.4 Å². The number of pyridine rings is 3. The van der Waals surface area contributed by atoms with Gasteiger partial charge in [0.1, 0.15) is 11.9 Å².